The number of carbonyl (C=O) groups is 1. The highest BCUT2D eigenvalue weighted by atomic mass is 16.5. The van der Waals surface area contributed by atoms with Crippen LogP contribution >= 0.6 is 0 Å². The van der Waals surface area contributed by atoms with Gasteiger partial charge in [-0.15, -0.1) is 0 Å². The third-order valence-corrected chi connectivity index (χ3v) is 3.25. The molecule has 1 rings (SSSR count). The number of nitrogens with zero attached hydrogens (tertiary/aromatic N) is 1. The Morgan fingerprint density at radius 1 is 1.22 bits per heavy atom. The second-order valence-corrected chi connectivity index (χ2v) is 5.91. The molecule has 0 spiro atoms. The number of nitrogens with two attached hydrogens (primary N) is 1. The molecule has 0 aliphatic carbocycles. The number of benzene rings is 1. The van der Waals surface area contributed by atoms with Crippen LogP contribution in [-0.2, 0) is 11.2 Å². The van der Waals surface area contributed by atoms with Crippen molar-refractivity contribution < 1.29 is 14.3 Å². The number of nitrogens with one attached hydrogen (secondary N) is 1. The van der Waals surface area contributed by atoms with E-state index in [-0.39, 0.29) is 24.3 Å². The molecule has 6 nitrogen and oxygen atoms in total. The van der Waals surface area contributed by atoms with Crippen LogP contribution in [0.15, 0.2) is 23.2 Å². The van der Waals surface area contributed by atoms with Gasteiger partial charge in [-0.2, -0.15) is 0 Å². The number of ether oxygens (including phenoxy) is 2. The van der Waals surface area contributed by atoms with Crippen LogP contribution in [0.1, 0.15) is 32.8 Å². The molecule has 0 saturated heterocycles. The first-order valence-corrected chi connectivity index (χ1v) is 7.69. The lowest BCUT2D eigenvalue weighted by molar-refractivity contribution is -0.119. The molecule has 128 valence electrons. The molecule has 1 amide bonds. The van der Waals surface area contributed by atoms with Gasteiger partial charge in [-0.25, -0.2) is 0 Å². The summed E-state index contributed by atoms with van der Waals surface area (Å²) < 4.78 is 10.4. The molecule has 0 fully saturated rings. The number of guanidine groups is 1. The van der Waals surface area contributed by atoms with E-state index >= 15 is 0 Å². The van der Waals surface area contributed by atoms with E-state index in [1.54, 1.807) is 26.4 Å². The minimum absolute atomic E-state index is 0.0800. The highest BCUT2D eigenvalue weighted by molar-refractivity contribution is 5.97. The monoisotopic (exact) mass is 321 g/mol. The topological polar surface area (TPSA) is 85.9 Å². The van der Waals surface area contributed by atoms with Crippen molar-refractivity contribution in [1.29, 1.82) is 0 Å². The lowest BCUT2D eigenvalue weighted by atomic mass is 10.1. The summed E-state index contributed by atoms with van der Waals surface area (Å²) in [7, 11) is 3.13. The standard InChI is InChI=1S/C17H27N3O3/c1-11(2)8-12(3)19-17(18)20-16(21)10-13-6-7-14(22-4)15(9-13)23-5/h6-7,9,11-12H,8,10H2,1-5H3,(H3,18,19,20,21). The lowest BCUT2D eigenvalue weighted by Crippen LogP contribution is -2.38. The van der Waals surface area contributed by atoms with Crippen LogP contribution in [-0.4, -0.2) is 32.1 Å². The number of hydrogen-bond acceptors (Lipinski definition) is 4. The molecular formula is C17H27N3O3. The Balaban J connectivity index is 2.64. The number of methoxy groups -OCH3 is 2. The van der Waals surface area contributed by atoms with E-state index in [1.165, 1.54) is 0 Å². The van der Waals surface area contributed by atoms with E-state index in [1.807, 2.05) is 13.0 Å². The van der Waals surface area contributed by atoms with E-state index in [0.717, 1.165) is 12.0 Å². The van der Waals surface area contributed by atoms with Gasteiger partial charge in [0.05, 0.1) is 26.7 Å². The summed E-state index contributed by atoms with van der Waals surface area (Å²) in [5, 5.41) is 2.62. The van der Waals surface area contributed by atoms with Crippen molar-refractivity contribution in [2.75, 3.05) is 14.2 Å². The molecule has 0 aromatic heterocycles. The van der Waals surface area contributed by atoms with Crippen LogP contribution in [0.2, 0.25) is 0 Å². The molecule has 0 heterocycles. The molecule has 0 bridgehead atoms. The van der Waals surface area contributed by atoms with Crippen molar-refractivity contribution in [1.82, 2.24) is 5.32 Å². The predicted octanol–water partition coefficient (Wildman–Crippen LogP) is 2.11. The zero-order valence-corrected chi connectivity index (χ0v) is 14.6. The van der Waals surface area contributed by atoms with E-state index in [0.29, 0.717) is 17.4 Å². The third kappa shape index (κ3) is 6.59. The summed E-state index contributed by atoms with van der Waals surface area (Å²) in [5.41, 5.74) is 6.59. The van der Waals surface area contributed by atoms with Gasteiger partial charge in [0.15, 0.2) is 17.5 Å². The number of rotatable bonds is 7. The van der Waals surface area contributed by atoms with Gasteiger partial charge >= 0.3 is 0 Å². The maximum absolute atomic E-state index is 12.0. The highest BCUT2D eigenvalue weighted by Gasteiger charge is 2.10. The lowest BCUT2D eigenvalue weighted by Gasteiger charge is -2.12. The molecular weight excluding hydrogens is 294 g/mol. The fourth-order valence-electron chi connectivity index (χ4n) is 2.37. The number of aliphatic imine (C=N–C) groups is 1. The summed E-state index contributed by atoms with van der Waals surface area (Å²) in [6.07, 6.45) is 1.11. The SMILES string of the molecule is COc1ccc(CC(=O)NC(N)=NC(C)CC(C)C)cc1OC. The molecule has 1 aromatic rings. The Morgan fingerprint density at radius 2 is 1.87 bits per heavy atom. The van der Waals surface area contributed by atoms with Crippen molar-refractivity contribution in [3.8, 4) is 11.5 Å². The second-order valence-electron chi connectivity index (χ2n) is 5.91. The zero-order valence-electron chi connectivity index (χ0n) is 14.6. The summed E-state index contributed by atoms with van der Waals surface area (Å²) in [6, 6.07) is 5.43. The van der Waals surface area contributed by atoms with Crippen molar-refractivity contribution >= 4 is 11.9 Å². The van der Waals surface area contributed by atoms with Gasteiger partial charge in [-0.05, 0) is 37.0 Å². The summed E-state index contributed by atoms with van der Waals surface area (Å²) in [6.45, 7) is 6.23. The van der Waals surface area contributed by atoms with Gasteiger partial charge in [0.2, 0.25) is 5.91 Å². The van der Waals surface area contributed by atoms with Crippen LogP contribution in [0, 0.1) is 5.92 Å². The minimum atomic E-state index is -0.213. The summed E-state index contributed by atoms with van der Waals surface area (Å²) in [4.78, 5) is 16.3. The molecule has 1 unspecified atom stereocenters. The fourth-order valence-corrected chi connectivity index (χ4v) is 2.37. The predicted molar refractivity (Wildman–Crippen MR) is 91.9 cm³/mol. The molecule has 1 aromatic carbocycles. The Bertz CT molecular complexity index is 556. The van der Waals surface area contributed by atoms with Gasteiger partial charge in [-0.1, -0.05) is 19.9 Å². The maximum atomic E-state index is 12.0. The molecule has 6 heteroatoms. The van der Waals surface area contributed by atoms with Crippen LogP contribution in [0.4, 0.5) is 0 Å². The Hall–Kier alpha value is -2.24. The van der Waals surface area contributed by atoms with Gasteiger partial charge in [0, 0.05) is 0 Å². The van der Waals surface area contributed by atoms with Gasteiger partial charge in [0.1, 0.15) is 0 Å². The molecule has 23 heavy (non-hydrogen) atoms. The highest BCUT2D eigenvalue weighted by Crippen LogP contribution is 2.27. The minimum Gasteiger partial charge on any atom is -0.493 e. The summed E-state index contributed by atoms with van der Waals surface area (Å²) >= 11 is 0. The maximum Gasteiger partial charge on any atom is 0.231 e. The third-order valence-electron chi connectivity index (χ3n) is 3.25. The van der Waals surface area contributed by atoms with E-state index < -0.39 is 0 Å². The van der Waals surface area contributed by atoms with Crippen LogP contribution < -0.4 is 20.5 Å². The van der Waals surface area contributed by atoms with Crippen molar-refractivity contribution in [2.45, 2.75) is 39.7 Å². The average Bonchev–Trinajstić information content (AvgIpc) is 2.45. The second kappa shape index (κ2) is 9.02. The normalized spacial score (nSPS) is 12.9. The quantitative estimate of drug-likeness (QED) is 0.595. The van der Waals surface area contributed by atoms with Crippen molar-refractivity contribution in [3.05, 3.63) is 23.8 Å². The smallest absolute Gasteiger partial charge is 0.231 e. The van der Waals surface area contributed by atoms with E-state index in [2.05, 4.69) is 24.2 Å². The van der Waals surface area contributed by atoms with Crippen molar-refractivity contribution in [2.24, 2.45) is 16.6 Å². The molecule has 0 saturated carbocycles. The van der Waals surface area contributed by atoms with E-state index in [4.69, 9.17) is 15.2 Å². The first-order valence-electron chi connectivity index (χ1n) is 7.69. The number of amides is 1. The molecule has 1 atom stereocenters. The largest absolute Gasteiger partial charge is 0.493 e. The number of hydrogen-bond donors (Lipinski definition) is 2. The van der Waals surface area contributed by atoms with Crippen LogP contribution in [0.5, 0.6) is 11.5 Å². The summed E-state index contributed by atoms with van der Waals surface area (Å²) in [5.74, 6) is 1.69. The van der Waals surface area contributed by atoms with Gasteiger partial charge in [-0.3, -0.25) is 15.1 Å². The molecule has 3 N–H and O–H groups in total. The fraction of sp³-hybridized carbons (Fsp3) is 0.529. The average molecular weight is 321 g/mol. The van der Waals surface area contributed by atoms with Crippen LogP contribution in [0.3, 0.4) is 0 Å². The Labute approximate surface area is 138 Å². The first kappa shape index (κ1) is 18.8. The number of carbonyl (C=O) groups excluding carboxylic acids is 1. The molecule has 0 aliphatic rings. The van der Waals surface area contributed by atoms with Gasteiger partial charge < -0.3 is 15.2 Å². The first-order chi connectivity index (χ1) is 10.8. The van der Waals surface area contributed by atoms with Crippen molar-refractivity contribution in [3.63, 3.8) is 0 Å². The van der Waals surface area contributed by atoms with E-state index in [9.17, 15) is 4.79 Å². The Kier molecular flexibility index (Phi) is 7.38. The molecule has 0 radical (unpaired) electrons. The Morgan fingerprint density at radius 3 is 2.43 bits per heavy atom. The van der Waals surface area contributed by atoms with Crippen LogP contribution in [0.25, 0.3) is 0 Å². The molecule has 0 aliphatic heterocycles. The zero-order chi connectivity index (χ0) is 17.4. The van der Waals surface area contributed by atoms with Gasteiger partial charge in [0.25, 0.3) is 0 Å².